The summed E-state index contributed by atoms with van der Waals surface area (Å²) in [5, 5.41) is 0. The van der Waals surface area contributed by atoms with Crippen LogP contribution < -0.4 is 0 Å². The van der Waals surface area contributed by atoms with Crippen LogP contribution in [0.4, 0.5) is 0 Å². The molecule has 1 aromatic rings. The van der Waals surface area contributed by atoms with Crippen LogP contribution in [0.2, 0.25) is 0 Å². The smallest absolute Gasteiger partial charge is 0.0233 e. The largest absolute Gasteiger partial charge is 0.0955 e. The van der Waals surface area contributed by atoms with Crippen LogP contribution in [0.15, 0.2) is 30.8 Å². The Balaban J connectivity index is 0.000001000. The molecule has 0 spiro atoms. The number of benzene rings is 1. The molecular formula is C11H16. The highest BCUT2D eigenvalue weighted by Crippen LogP contribution is 2.11. The summed E-state index contributed by atoms with van der Waals surface area (Å²) in [6.07, 6.45) is 0. The molecule has 0 aliphatic rings. The molecule has 0 saturated carbocycles. The molecule has 0 nitrogen and oxygen atoms in total. The van der Waals surface area contributed by atoms with E-state index in [-0.39, 0.29) is 7.43 Å². The van der Waals surface area contributed by atoms with Gasteiger partial charge in [-0.1, -0.05) is 49.4 Å². The van der Waals surface area contributed by atoms with Crippen molar-refractivity contribution in [3.8, 4) is 0 Å². The van der Waals surface area contributed by atoms with E-state index < -0.39 is 0 Å². The topological polar surface area (TPSA) is 0 Å². The zero-order chi connectivity index (χ0) is 7.56. The molecular weight excluding hydrogens is 132 g/mol. The molecule has 0 radical (unpaired) electrons. The number of aryl methyl sites for hydroxylation is 1. The molecule has 1 rings (SSSR count). The summed E-state index contributed by atoms with van der Waals surface area (Å²) >= 11 is 0. The number of rotatable bonds is 1. The van der Waals surface area contributed by atoms with Crippen molar-refractivity contribution >= 4 is 5.57 Å². The highest BCUT2D eigenvalue weighted by Gasteiger charge is 1.89. The highest BCUT2D eigenvalue weighted by atomic mass is 13.9. The predicted molar refractivity (Wildman–Crippen MR) is 52.6 cm³/mol. The van der Waals surface area contributed by atoms with Crippen LogP contribution in [0.3, 0.4) is 0 Å². The fourth-order valence-electron chi connectivity index (χ4n) is 0.838. The first-order valence-corrected chi connectivity index (χ1v) is 3.42. The van der Waals surface area contributed by atoms with Gasteiger partial charge in [-0.3, -0.25) is 0 Å². The van der Waals surface area contributed by atoms with Gasteiger partial charge in [-0.2, -0.15) is 0 Å². The zero-order valence-corrected chi connectivity index (χ0v) is 6.52. The molecule has 0 saturated heterocycles. The molecule has 0 fully saturated rings. The fraction of sp³-hybridized carbons (Fsp3) is 0.273. The van der Waals surface area contributed by atoms with Crippen LogP contribution >= 0.6 is 0 Å². The van der Waals surface area contributed by atoms with E-state index >= 15 is 0 Å². The second-order valence-electron chi connectivity index (χ2n) is 2.65. The minimum atomic E-state index is 0. The van der Waals surface area contributed by atoms with Crippen LogP contribution in [-0.4, -0.2) is 0 Å². The van der Waals surface area contributed by atoms with Crippen molar-refractivity contribution in [2.75, 3.05) is 0 Å². The van der Waals surface area contributed by atoms with E-state index in [4.69, 9.17) is 0 Å². The SMILES string of the molecule is C.C=C(C)c1ccc(C)cc1. The van der Waals surface area contributed by atoms with Gasteiger partial charge in [0.25, 0.3) is 0 Å². The van der Waals surface area contributed by atoms with E-state index in [0.29, 0.717) is 0 Å². The van der Waals surface area contributed by atoms with Gasteiger partial charge in [0.1, 0.15) is 0 Å². The van der Waals surface area contributed by atoms with Crippen LogP contribution in [0, 0.1) is 6.92 Å². The Bertz CT molecular complexity index is 229. The van der Waals surface area contributed by atoms with Crippen molar-refractivity contribution in [2.45, 2.75) is 21.3 Å². The maximum Gasteiger partial charge on any atom is -0.0233 e. The van der Waals surface area contributed by atoms with Crippen molar-refractivity contribution in [1.82, 2.24) is 0 Å². The molecule has 0 aliphatic carbocycles. The van der Waals surface area contributed by atoms with Crippen molar-refractivity contribution in [1.29, 1.82) is 0 Å². The van der Waals surface area contributed by atoms with Crippen molar-refractivity contribution in [2.24, 2.45) is 0 Å². The van der Waals surface area contributed by atoms with Crippen molar-refractivity contribution < 1.29 is 0 Å². The second kappa shape index (κ2) is 3.97. The molecule has 0 atom stereocenters. The standard InChI is InChI=1S/C10H12.CH4/c1-8(2)10-6-4-9(3)5-7-10;/h4-7H,1H2,2-3H3;1H4. The van der Waals surface area contributed by atoms with Gasteiger partial charge < -0.3 is 0 Å². The highest BCUT2D eigenvalue weighted by molar-refractivity contribution is 5.61. The summed E-state index contributed by atoms with van der Waals surface area (Å²) in [6.45, 7) is 7.96. The lowest BCUT2D eigenvalue weighted by atomic mass is 10.1. The average Bonchev–Trinajstić information content (AvgIpc) is 1.88. The Morgan fingerprint density at radius 2 is 1.64 bits per heavy atom. The maximum atomic E-state index is 3.86. The van der Waals surface area contributed by atoms with E-state index in [0.717, 1.165) is 5.57 Å². The lowest BCUT2D eigenvalue weighted by Gasteiger charge is -1.98. The molecule has 11 heavy (non-hydrogen) atoms. The first-order chi connectivity index (χ1) is 4.70. The number of allylic oxidation sites excluding steroid dienone is 1. The molecule has 0 N–H and O–H groups in total. The van der Waals surface area contributed by atoms with Gasteiger partial charge in [0.2, 0.25) is 0 Å². The molecule has 0 unspecified atom stereocenters. The van der Waals surface area contributed by atoms with Crippen LogP contribution in [0.1, 0.15) is 25.5 Å². The Kier molecular flexibility index (Phi) is 3.59. The number of hydrogen-bond acceptors (Lipinski definition) is 0. The lowest BCUT2D eigenvalue weighted by molar-refractivity contribution is 1.45. The Morgan fingerprint density at radius 1 is 1.18 bits per heavy atom. The summed E-state index contributed by atoms with van der Waals surface area (Å²) in [5.41, 5.74) is 3.65. The van der Waals surface area contributed by atoms with E-state index in [1.54, 1.807) is 0 Å². The Hall–Kier alpha value is -1.04. The normalized spacial score (nSPS) is 8.55. The monoisotopic (exact) mass is 148 g/mol. The molecule has 0 bridgehead atoms. The molecule has 0 amide bonds. The van der Waals surface area contributed by atoms with E-state index in [1.807, 2.05) is 6.92 Å². The summed E-state index contributed by atoms with van der Waals surface area (Å²) < 4.78 is 0. The number of hydrogen-bond donors (Lipinski definition) is 0. The van der Waals surface area contributed by atoms with Gasteiger partial charge in [0, 0.05) is 0 Å². The third-order valence-corrected chi connectivity index (χ3v) is 1.54. The van der Waals surface area contributed by atoms with Gasteiger partial charge in [0.05, 0.1) is 0 Å². The predicted octanol–water partition coefficient (Wildman–Crippen LogP) is 3.66. The molecule has 1 aromatic carbocycles. The molecule has 0 aliphatic heterocycles. The van der Waals surface area contributed by atoms with Gasteiger partial charge >= 0.3 is 0 Å². The van der Waals surface area contributed by atoms with Gasteiger partial charge in [0.15, 0.2) is 0 Å². The van der Waals surface area contributed by atoms with Gasteiger partial charge in [-0.25, -0.2) is 0 Å². The van der Waals surface area contributed by atoms with Gasteiger partial charge in [-0.15, -0.1) is 0 Å². The summed E-state index contributed by atoms with van der Waals surface area (Å²) in [6, 6.07) is 8.39. The average molecular weight is 148 g/mol. The Labute approximate surface area is 69.6 Å². The van der Waals surface area contributed by atoms with E-state index in [9.17, 15) is 0 Å². The van der Waals surface area contributed by atoms with Crippen LogP contribution in [0.25, 0.3) is 5.57 Å². The quantitative estimate of drug-likeness (QED) is 0.570. The van der Waals surface area contributed by atoms with Gasteiger partial charge in [-0.05, 0) is 19.4 Å². The summed E-state index contributed by atoms with van der Waals surface area (Å²) in [7, 11) is 0. The van der Waals surface area contributed by atoms with E-state index in [2.05, 4.69) is 37.8 Å². The van der Waals surface area contributed by atoms with E-state index in [1.165, 1.54) is 11.1 Å². The third-order valence-electron chi connectivity index (χ3n) is 1.54. The zero-order valence-electron chi connectivity index (χ0n) is 6.52. The lowest BCUT2D eigenvalue weighted by Crippen LogP contribution is -1.76. The molecule has 0 aromatic heterocycles. The third kappa shape index (κ3) is 2.58. The minimum Gasteiger partial charge on any atom is -0.0955 e. The molecule has 0 heteroatoms. The first-order valence-electron chi connectivity index (χ1n) is 3.42. The molecule has 60 valence electrons. The second-order valence-corrected chi connectivity index (χ2v) is 2.65. The first kappa shape index (κ1) is 9.96. The van der Waals surface area contributed by atoms with Crippen LogP contribution in [-0.2, 0) is 0 Å². The van der Waals surface area contributed by atoms with Crippen molar-refractivity contribution in [3.05, 3.63) is 42.0 Å². The van der Waals surface area contributed by atoms with Crippen molar-refractivity contribution in [3.63, 3.8) is 0 Å². The minimum absolute atomic E-state index is 0. The maximum absolute atomic E-state index is 3.86. The van der Waals surface area contributed by atoms with Crippen LogP contribution in [0.5, 0.6) is 0 Å². The Morgan fingerprint density at radius 3 is 2.00 bits per heavy atom. The molecule has 0 heterocycles. The summed E-state index contributed by atoms with van der Waals surface area (Å²) in [4.78, 5) is 0. The summed E-state index contributed by atoms with van der Waals surface area (Å²) in [5.74, 6) is 0. The fourth-order valence-corrected chi connectivity index (χ4v) is 0.838.